The van der Waals surface area contributed by atoms with Gasteiger partial charge in [0.1, 0.15) is 17.0 Å². The Labute approximate surface area is 308 Å². The van der Waals surface area contributed by atoms with Gasteiger partial charge in [0.05, 0.1) is 27.8 Å². The van der Waals surface area contributed by atoms with E-state index in [9.17, 15) is 4.39 Å². The van der Waals surface area contributed by atoms with Gasteiger partial charge in [-0.05, 0) is 102 Å². The van der Waals surface area contributed by atoms with Crippen LogP contribution in [0.1, 0.15) is 0 Å². The van der Waals surface area contributed by atoms with Crippen LogP contribution in [-0.4, -0.2) is 4.57 Å². The Hall–Kier alpha value is -6.69. The average Bonchev–Trinajstić information content (AvgIpc) is 3.89. The second-order valence-electron chi connectivity index (χ2n) is 13.4. The van der Waals surface area contributed by atoms with Crippen molar-refractivity contribution in [1.82, 2.24) is 4.57 Å². The molecule has 0 bridgehead atoms. The molecule has 3 nitrogen and oxygen atoms in total. The molecule has 0 radical (unpaired) electrons. The Kier molecular flexibility index (Phi) is 6.60. The number of fused-ring (bicyclic) bond motifs is 9. The number of aromatic nitrogens is 1. The molecule has 5 heteroatoms. The van der Waals surface area contributed by atoms with Gasteiger partial charge in [-0.15, -0.1) is 11.3 Å². The molecular weight excluding hydrogens is 672 g/mol. The second-order valence-corrected chi connectivity index (χ2v) is 14.5. The van der Waals surface area contributed by atoms with Crippen LogP contribution in [0.25, 0.3) is 80.7 Å². The summed E-state index contributed by atoms with van der Waals surface area (Å²) in [6, 6.07) is 60.7. The monoisotopic (exact) mass is 700 g/mol. The van der Waals surface area contributed by atoms with Gasteiger partial charge in [0, 0.05) is 47.7 Å². The van der Waals surface area contributed by atoms with Gasteiger partial charge >= 0.3 is 0 Å². The lowest BCUT2D eigenvalue weighted by Crippen LogP contribution is -2.10. The molecule has 0 aliphatic heterocycles. The second kappa shape index (κ2) is 11.7. The molecule has 0 fully saturated rings. The molecule has 0 unspecified atom stereocenters. The molecule has 0 N–H and O–H groups in total. The van der Waals surface area contributed by atoms with Gasteiger partial charge in [0.2, 0.25) is 0 Å². The molecule has 0 spiro atoms. The van der Waals surface area contributed by atoms with Crippen LogP contribution in [0.2, 0.25) is 0 Å². The molecule has 53 heavy (non-hydrogen) atoms. The first-order valence-electron chi connectivity index (χ1n) is 17.7. The number of rotatable bonds is 5. The number of furan rings is 1. The summed E-state index contributed by atoms with van der Waals surface area (Å²) in [6.45, 7) is 0. The molecule has 11 rings (SSSR count). The Morgan fingerprint density at radius 1 is 0.472 bits per heavy atom. The minimum absolute atomic E-state index is 0.242. The summed E-state index contributed by atoms with van der Waals surface area (Å²) < 4.78 is 25.0. The van der Waals surface area contributed by atoms with Crippen LogP contribution in [0, 0.1) is 5.82 Å². The van der Waals surface area contributed by atoms with Crippen molar-refractivity contribution >= 4 is 92.3 Å². The van der Waals surface area contributed by atoms with Crippen molar-refractivity contribution in [1.29, 1.82) is 0 Å². The topological polar surface area (TPSA) is 21.3 Å². The molecule has 0 saturated carbocycles. The molecule has 11 aromatic rings. The van der Waals surface area contributed by atoms with Crippen molar-refractivity contribution < 1.29 is 8.81 Å². The number of thiophene rings is 1. The number of para-hydroxylation sites is 2. The van der Waals surface area contributed by atoms with E-state index in [1.807, 2.05) is 35.6 Å². The summed E-state index contributed by atoms with van der Waals surface area (Å²) in [5.41, 5.74) is 10.4. The van der Waals surface area contributed by atoms with Crippen LogP contribution in [0.3, 0.4) is 0 Å². The van der Waals surface area contributed by atoms with Crippen LogP contribution in [0.5, 0.6) is 0 Å². The maximum Gasteiger partial charge on any atom is 0.137 e. The third-order valence-electron chi connectivity index (χ3n) is 10.5. The van der Waals surface area contributed by atoms with Gasteiger partial charge in [-0.1, -0.05) is 84.9 Å². The van der Waals surface area contributed by atoms with Crippen molar-refractivity contribution in [2.24, 2.45) is 0 Å². The van der Waals surface area contributed by atoms with E-state index < -0.39 is 0 Å². The Bertz CT molecular complexity index is 3070. The minimum atomic E-state index is -0.242. The van der Waals surface area contributed by atoms with E-state index >= 15 is 0 Å². The fourth-order valence-electron chi connectivity index (χ4n) is 8.12. The number of halogens is 1. The molecular formula is C48H29FN2OS. The summed E-state index contributed by atoms with van der Waals surface area (Å²) in [5.74, 6) is -0.242. The van der Waals surface area contributed by atoms with E-state index in [0.29, 0.717) is 0 Å². The van der Waals surface area contributed by atoms with Gasteiger partial charge in [-0.25, -0.2) is 4.39 Å². The highest BCUT2D eigenvalue weighted by Gasteiger charge is 2.22. The predicted molar refractivity (Wildman–Crippen MR) is 221 cm³/mol. The number of anilines is 3. The SMILES string of the molecule is Fc1ccc(-n2c3ccccc3c3cc(-c4ccc(N(c5cccc6oc7ccccc7c56)c5cccc6sc7ccccc7c56)cc4)ccc32)cc1. The summed E-state index contributed by atoms with van der Waals surface area (Å²) >= 11 is 1.83. The lowest BCUT2D eigenvalue weighted by molar-refractivity contribution is 0.627. The molecule has 0 aliphatic carbocycles. The van der Waals surface area contributed by atoms with Crippen LogP contribution >= 0.6 is 11.3 Å². The summed E-state index contributed by atoms with van der Waals surface area (Å²) in [7, 11) is 0. The Morgan fingerprint density at radius 2 is 1.11 bits per heavy atom. The minimum Gasteiger partial charge on any atom is -0.456 e. The number of benzene rings is 8. The number of hydrogen-bond donors (Lipinski definition) is 0. The normalized spacial score (nSPS) is 11.9. The fraction of sp³-hybridized carbons (Fsp3) is 0. The fourth-order valence-corrected chi connectivity index (χ4v) is 9.24. The Balaban J connectivity index is 1.10. The van der Waals surface area contributed by atoms with E-state index in [4.69, 9.17) is 4.42 Å². The number of hydrogen-bond acceptors (Lipinski definition) is 3. The molecule has 3 aromatic heterocycles. The lowest BCUT2D eigenvalue weighted by atomic mass is 10.0. The number of nitrogens with zero attached hydrogens (tertiary/aromatic N) is 2. The van der Waals surface area contributed by atoms with Crippen molar-refractivity contribution in [2.45, 2.75) is 0 Å². The molecule has 8 aromatic carbocycles. The van der Waals surface area contributed by atoms with Gasteiger partial charge in [0.15, 0.2) is 0 Å². The maximum atomic E-state index is 13.9. The Morgan fingerprint density at radius 3 is 1.96 bits per heavy atom. The maximum absolute atomic E-state index is 13.9. The molecule has 0 aliphatic rings. The summed E-state index contributed by atoms with van der Waals surface area (Å²) in [6.07, 6.45) is 0. The largest absolute Gasteiger partial charge is 0.456 e. The molecule has 0 amide bonds. The first kappa shape index (κ1) is 30.0. The standard InChI is InChI=1S/C48H29FN2OS/c49-32-22-26-34(27-23-32)50-39-12-4-1-9-35(39)38-29-31(21-28-40(38)50)30-19-24-33(25-20-30)51(41-13-7-16-44-47(41)36-10-2-5-15-43(36)52-44)42-14-8-18-46-48(42)37-11-3-6-17-45(37)53-46/h1-29H. The summed E-state index contributed by atoms with van der Waals surface area (Å²) in [5, 5.41) is 6.99. The van der Waals surface area contributed by atoms with Gasteiger partial charge in [-0.2, -0.15) is 0 Å². The highest BCUT2D eigenvalue weighted by Crippen LogP contribution is 2.48. The van der Waals surface area contributed by atoms with Crippen LogP contribution in [-0.2, 0) is 0 Å². The smallest absolute Gasteiger partial charge is 0.137 e. The first-order chi connectivity index (χ1) is 26.2. The van der Waals surface area contributed by atoms with Crippen LogP contribution in [0.4, 0.5) is 21.5 Å². The van der Waals surface area contributed by atoms with Crippen molar-refractivity contribution in [3.05, 3.63) is 182 Å². The van der Waals surface area contributed by atoms with E-state index in [2.05, 4.69) is 149 Å². The van der Waals surface area contributed by atoms with E-state index in [0.717, 1.165) is 77.6 Å². The zero-order chi connectivity index (χ0) is 35.0. The van der Waals surface area contributed by atoms with Crippen LogP contribution < -0.4 is 4.90 Å². The zero-order valence-corrected chi connectivity index (χ0v) is 29.1. The molecule has 0 saturated heterocycles. The van der Waals surface area contributed by atoms with E-state index in [-0.39, 0.29) is 5.82 Å². The van der Waals surface area contributed by atoms with Crippen molar-refractivity contribution in [2.75, 3.05) is 4.90 Å². The van der Waals surface area contributed by atoms with Crippen molar-refractivity contribution in [3.8, 4) is 16.8 Å². The quantitative estimate of drug-likeness (QED) is 0.178. The predicted octanol–water partition coefficient (Wildman–Crippen LogP) is 14.3. The zero-order valence-electron chi connectivity index (χ0n) is 28.3. The highest BCUT2D eigenvalue weighted by molar-refractivity contribution is 7.26. The van der Waals surface area contributed by atoms with Gasteiger partial charge < -0.3 is 13.9 Å². The van der Waals surface area contributed by atoms with E-state index in [1.54, 1.807) is 0 Å². The summed E-state index contributed by atoms with van der Waals surface area (Å²) in [4.78, 5) is 2.40. The van der Waals surface area contributed by atoms with E-state index in [1.165, 1.54) is 32.3 Å². The van der Waals surface area contributed by atoms with Gasteiger partial charge in [-0.3, -0.25) is 0 Å². The molecule has 3 heterocycles. The third-order valence-corrected chi connectivity index (χ3v) is 11.6. The highest BCUT2D eigenvalue weighted by atomic mass is 32.1. The first-order valence-corrected chi connectivity index (χ1v) is 18.5. The third kappa shape index (κ3) is 4.64. The van der Waals surface area contributed by atoms with Gasteiger partial charge in [0.25, 0.3) is 0 Å². The average molecular weight is 701 g/mol. The molecule has 250 valence electrons. The van der Waals surface area contributed by atoms with Crippen molar-refractivity contribution in [3.63, 3.8) is 0 Å². The molecule has 0 atom stereocenters. The lowest BCUT2D eigenvalue weighted by Gasteiger charge is -2.27. The van der Waals surface area contributed by atoms with Crippen LogP contribution in [0.15, 0.2) is 180 Å².